The van der Waals surface area contributed by atoms with E-state index in [2.05, 4.69) is 5.32 Å². The monoisotopic (exact) mass is 563 g/mol. The van der Waals surface area contributed by atoms with E-state index in [0.29, 0.717) is 37.5 Å². The standard InChI is InChI=1S/C25H41NO11S/c1-14(27)34-13-20-25(36-16(3)29)19(35-15(2)28)11-22(37-20)33-9-7-6-8-21(38)26-18-10-17(12-31-4)23(30)24(18)32-5/h17-20,22-25,30H,6-13H2,1-5H3,(H,26,38). The van der Waals surface area contributed by atoms with E-state index in [1.165, 1.54) is 20.8 Å². The van der Waals surface area contributed by atoms with Gasteiger partial charge in [0.15, 0.2) is 12.4 Å². The van der Waals surface area contributed by atoms with Crippen LogP contribution in [0.25, 0.3) is 0 Å². The first-order valence-electron chi connectivity index (χ1n) is 12.8. The largest absolute Gasteiger partial charge is 0.463 e. The van der Waals surface area contributed by atoms with Crippen molar-refractivity contribution >= 4 is 35.1 Å². The molecule has 2 N–H and O–H groups in total. The predicted molar refractivity (Wildman–Crippen MR) is 137 cm³/mol. The highest BCUT2D eigenvalue weighted by molar-refractivity contribution is 7.80. The summed E-state index contributed by atoms with van der Waals surface area (Å²) in [6.07, 6.45) is -1.45. The number of nitrogens with one attached hydrogen (secondary N) is 1. The molecule has 0 aromatic carbocycles. The van der Waals surface area contributed by atoms with Gasteiger partial charge in [0.2, 0.25) is 0 Å². The van der Waals surface area contributed by atoms with Gasteiger partial charge in [0.05, 0.1) is 23.7 Å². The fraction of sp³-hybridized carbons (Fsp3) is 0.840. The molecule has 1 heterocycles. The number of ether oxygens (including phenoxy) is 7. The molecule has 12 nitrogen and oxygen atoms in total. The number of unbranched alkanes of at least 4 members (excludes halogenated alkanes) is 1. The maximum Gasteiger partial charge on any atom is 0.303 e. The van der Waals surface area contributed by atoms with E-state index in [0.717, 1.165) is 6.42 Å². The third kappa shape index (κ3) is 10.3. The van der Waals surface area contributed by atoms with E-state index in [1.54, 1.807) is 14.2 Å². The van der Waals surface area contributed by atoms with Gasteiger partial charge in [-0.3, -0.25) is 14.4 Å². The molecule has 8 atom stereocenters. The highest BCUT2D eigenvalue weighted by Crippen LogP contribution is 2.30. The van der Waals surface area contributed by atoms with Crippen molar-refractivity contribution in [1.82, 2.24) is 5.32 Å². The Morgan fingerprint density at radius 3 is 2.29 bits per heavy atom. The van der Waals surface area contributed by atoms with E-state index in [9.17, 15) is 19.5 Å². The van der Waals surface area contributed by atoms with Gasteiger partial charge in [0, 0.05) is 53.9 Å². The molecule has 0 radical (unpaired) electrons. The fourth-order valence-corrected chi connectivity index (χ4v) is 5.11. The van der Waals surface area contributed by atoms with E-state index >= 15 is 0 Å². The quantitative estimate of drug-likeness (QED) is 0.134. The number of hydrogen-bond acceptors (Lipinski definition) is 12. The molecule has 0 bridgehead atoms. The van der Waals surface area contributed by atoms with E-state index in [-0.39, 0.29) is 31.1 Å². The van der Waals surface area contributed by atoms with Crippen molar-refractivity contribution in [3.63, 3.8) is 0 Å². The zero-order valence-corrected chi connectivity index (χ0v) is 23.5. The maximum absolute atomic E-state index is 11.6. The molecule has 2 fully saturated rings. The van der Waals surface area contributed by atoms with Gasteiger partial charge in [-0.15, -0.1) is 0 Å². The van der Waals surface area contributed by atoms with Crippen molar-refractivity contribution in [3.05, 3.63) is 0 Å². The summed E-state index contributed by atoms with van der Waals surface area (Å²) in [6, 6.07) is -0.0907. The third-order valence-corrected chi connectivity index (χ3v) is 6.75. The number of esters is 3. The Balaban J connectivity index is 1.82. The Labute approximate surface area is 228 Å². The minimum atomic E-state index is -0.937. The summed E-state index contributed by atoms with van der Waals surface area (Å²) in [5.74, 6) is -1.66. The van der Waals surface area contributed by atoms with Crippen LogP contribution >= 0.6 is 12.2 Å². The minimum Gasteiger partial charge on any atom is -0.463 e. The lowest BCUT2D eigenvalue weighted by Gasteiger charge is -2.39. The van der Waals surface area contributed by atoms with Crippen LogP contribution in [-0.2, 0) is 47.5 Å². The van der Waals surface area contributed by atoms with Crippen LogP contribution < -0.4 is 5.32 Å². The number of carbonyl (C=O) groups excluding carboxylic acids is 3. The van der Waals surface area contributed by atoms with Crippen LogP contribution in [0.2, 0.25) is 0 Å². The van der Waals surface area contributed by atoms with Gasteiger partial charge in [0.1, 0.15) is 24.9 Å². The number of rotatable bonds is 14. The number of thiocarbonyl (C=S) groups is 1. The second-order valence-corrected chi connectivity index (χ2v) is 10.0. The van der Waals surface area contributed by atoms with Crippen LogP contribution in [0.5, 0.6) is 0 Å². The Morgan fingerprint density at radius 2 is 1.68 bits per heavy atom. The molecule has 2 rings (SSSR count). The van der Waals surface area contributed by atoms with Crippen molar-refractivity contribution in [1.29, 1.82) is 0 Å². The van der Waals surface area contributed by atoms with Crippen molar-refractivity contribution in [3.8, 4) is 0 Å². The number of aliphatic hydroxyl groups is 1. The van der Waals surface area contributed by atoms with Crippen molar-refractivity contribution in [2.24, 2.45) is 5.92 Å². The van der Waals surface area contributed by atoms with Gasteiger partial charge in [-0.25, -0.2) is 0 Å². The Bertz CT molecular complexity index is 797. The molecule has 1 saturated heterocycles. The molecule has 1 aliphatic carbocycles. The SMILES string of the molecule is COCC1CC(NC(=S)CCCCOC2CC(OC(C)=O)C(OC(C)=O)C(COC(C)=O)O2)C(OC)C1O. The lowest BCUT2D eigenvalue weighted by molar-refractivity contribution is -0.266. The van der Waals surface area contributed by atoms with E-state index in [1.807, 2.05) is 0 Å². The summed E-state index contributed by atoms with van der Waals surface area (Å²) >= 11 is 5.50. The summed E-state index contributed by atoms with van der Waals surface area (Å²) in [6.45, 7) is 4.35. The Kier molecular flexibility index (Phi) is 13.8. The van der Waals surface area contributed by atoms with Gasteiger partial charge in [-0.05, 0) is 25.7 Å². The molecule has 13 heteroatoms. The van der Waals surface area contributed by atoms with Crippen molar-refractivity contribution < 1.29 is 52.6 Å². The number of hydrogen-bond donors (Lipinski definition) is 2. The van der Waals surface area contributed by atoms with Crippen molar-refractivity contribution in [2.45, 2.75) is 95.7 Å². The second-order valence-electron chi connectivity index (χ2n) is 9.51. The summed E-state index contributed by atoms with van der Waals surface area (Å²) in [7, 11) is 3.18. The van der Waals surface area contributed by atoms with Crippen LogP contribution in [0, 0.1) is 5.92 Å². The Morgan fingerprint density at radius 1 is 0.974 bits per heavy atom. The number of aliphatic hydroxyl groups excluding tert-OH is 1. The summed E-state index contributed by atoms with van der Waals surface area (Å²) in [5.41, 5.74) is 0. The molecular formula is C25H41NO11S. The molecule has 38 heavy (non-hydrogen) atoms. The number of methoxy groups -OCH3 is 2. The van der Waals surface area contributed by atoms with Gasteiger partial charge >= 0.3 is 17.9 Å². The Hall–Kier alpha value is -1.90. The highest BCUT2D eigenvalue weighted by atomic mass is 32.1. The van der Waals surface area contributed by atoms with Gasteiger partial charge in [0.25, 0.3) is 0 Å². The zero-order chi connectivity index (χ0) is 28.2. The first-order chi connectivity index (χ1) is 18.0. The van der Waals surface area contributed by atoms with Crippen LogP contribution in [0.1, 0.15) is 52.9 Å². The van der Waals surface area contributed by atoms with Crippen molar-refractivity contribution in [2.75, 3.05) is 34.0 Å². The summed E-state index contributed by atoms with van der Waals surface area (Å²) < 4.78 is 38.2. The molecule has 218 valence electrons. The van der Waals surface area contributed by atoms with Gasteiger partial charge in [-0.1, -0.05) is 12.2 Å². The van der Waals surface area contributed by atoms with Crippen LogP contribution in [0.15, 0.2) is 0 Å². The molecule has 8 unspecified atom stereocenters. The smallest absolute Gasteiger partial charge is 0.303 e. The zero-order valence-electron chi connectivity index (χ0n) is 22.7. The molecule has 0 aromatic rings. The molecule has 2 aliphatic rings. The molecule has 1 saturated carbocycles. The molecule has 1 aliphatic heterocycles. The van der Waals surface area contributed by atoms with Gasteiger partial charge in [-0.2, -0.15) is 0 Å². The topological polar surface area (TPSA) is 148 Å². The lowest BCUT2D eigenvalue weighted by Crippen LogP contribution is -2.54. The minimum absolute atomic E-state index is 0.0185. The molecule has 0 spiro atoms. The summed E-state index contributed by atoms with van der Waals surface area (Å²) in [4.78, 5) is 35.3. The predicted octanol–water partition coefficient (Wildman–Crippen LogP) is 1.04. The fourth-order valence-electron chi connectivity index (χ4n) is 4.82. The molecule has 0 aromatic heterocycles. The van der Waals surface area contributed by atoms with E-state index in [4.69, 9.17) is 45.4 Å². The third-order valence-electron chi connectivity index (χ3n) is 6.43. The lowest BCUT2D eigenvalue weighted by atomic mass is 10.0. The van der Waals surface area contributed by atoms with E-state index < -0.39 is 48.6 Å². The second kappa shape index (κ2) is 16.3. The first kappa shape index (κ1) is 32.3. The van der Waals surface area contributed by atoms with Crippen LogP contribution in [-0.4, -0.2) is 105 Å². The average Bonchev–Trinajstić information content (AvgIpc) is 3.12. The van der Waals surface area contributed by atoms with Crippen LogP contribution in [0.4, 0.5) is 0 Å². The van der Waals surface area contributed by atoms with Gasteiger partial charge < -0.3 is 43.6 Å². The van der Waals surface area contributed by atoms with Crippen LogP contribution in [0.3, 0.4) is 0 Å². The average molecular weight is 564 g/mol. The normalized spacial score (nSPS) is 30.9. The molecular weight excluding hydrogens is 522 g/mol. The highest BCUT2D eigenvalue weighted by Gasteiger charge is 2.44. The molecule has 0 amide bonds. The number of carbonyl (C=O) groups is 3. The summed E-state index contributed by atoms with van der Waals surface area (Å²) in [5, 5.41) is 13.8. The first-order valence-corrected chi connectivity index (χ1v) is 13.2. The maximum atomic E-state index is 11.6.